The Kier molecular flexibility index (Phi) is 0.997. The molecule has 1 aliphatic heterocycles. The molecule has 1 rings (SSSR count). The molecule has 0 aromatic heterocycles. The van der Waals surface area contributed by atoms with Gasteiger partial charge in [0.15, 0.2) is 5.84 Å². The standard InChI is InChI=1S/C4H4N4/c5-3-1-2-7-8-4(3)6/h1-2,5-6H. The van der Waals surface area contributed by atoms with E-state index in [1.807, 2.05) is 0 Å². The van der Waals surface area contributed by atoms with Crippen LogP contribution in [0.25, 0.3) is 0 Å². The van der Waals surface area contributed by atoms with Crippen LogP contribution in [0, 0.1) is 10.8 Å². The van der Waals surface area contributed by atoms with E-state index < -0.39 is 0 Å². The van der Waals surface area contributed by atoms with Crippen molar-refractivity contribution in [2.45, 2.75) is 0 Å². The maximum atomic E-state index is 6.93. The Morgan fingerprint density at radius 1 is 1.38 bits per heavy atom. The molecule has 0 saturated heterocycles. The van der Waals surface area contributed by atoms with Crippen LogP contribution >= 0.6 is 0 Å². The second-order valence-corrected chi connectivity index (χ2v) is 1.29. The summed E-state index contributed by atoms with van der Waals surface area (Å²) in [5.41, 5.74) is 0.111. The van der Waals surface area contributed by atoms with Crippen molar-refractivity contribution in [3.05, 3.63) is 12.3 Å². The molecule has 4 nitrogen and oxygen atoms in total. The first kappa shape index (κ1) is 4.83. The van der Waals surface area contributed by atoms with E-state index in [1.165, 1.54) is 12.3 Å². The van der Waals surface area contributed by atoms with Gasteiger partial charge in [0.25, 0.3) is 0 Å². The Labute approximate surface area is 46.0 Å². The van der Waals surface area contributed by atoms with E-state index in [0.29, 0.717) is 0 Å². The van der Waals surface area contributed by atoms with Crippen molar-refractivity contribution in [2.75, 3.05) is 0 Å². The molecule has 8 heavy (non-hydrogen) atoms. The molecule has 0 aromatic rings. The summed E-state index contributed by atoms with van der Waals surface area (Å²) in [6.07, 6.45) is 2.82. The van der Waals surface area contributed by atoms with Crippen molar-refractivity contribution in [1.82, 2.24) is 0 Å². The molecule has 0 unspecified atom stereocenters. The van der Waals surface area contributed by atoms with Gasteiger partial charge in [0.05, 0.1) is 6.20 Å². The minimum atomic E-state index is -0.0764. The summed E-state index contributed by atoms with van der Waals surface area (Å²) in [6.45, 7) is 0. The molecule has 0 fully saturated rings. The lowest BCUT2D eigenvalue weighted by Gasteiger charge is -1.93. The van der Waals surface area contributed by atoms with Crippen LogP contribution in [0.1, 0.15) is 0 Å². The molecule has 1 heterocycles. The van der Waals surface area contributed by atoms with Crippen molar-refractivity contribution in [3.63, 3.8) is 0 Å². The third-order valence-electron chi connectivity index (χ3n) is 0.721. The van der Waals surface area contributed by atoms with Gasteiger partial charge in [-0.05, 0) is 6.08 Å². The van der Waals surface area contributed by atoms with Gasteiger partial charge in [-0.15, -0.1) is 5.11 Å². The van der Waals surface area contributed by atoms with E-state index in [-0.39, 0.29) is 11.5 Å². The number of azo groups is 1. The van der Waals surface area contributed by atoms with E-state index in [0.717, 1.165) is 0 Å². The summed E-state index contributed by atoms with van der Waals surface area (Å²) in [6, 6.07) is 0. The zero-order chi connectivity index (χ0) is 5.98. The van der Waals surface area contributed by atoms with E-state index in [2.05, 4.69) is 10.2 Å². The van der Waals surface area contributed by atoms with E-state index in [4.69, 9.17) is 10.8 Å². The van der Waals surface area contributed by atoms with Gasteiger partial charge in [0.1, 0.15) is 5.71 Å². The van der Waals surface area contributed by atoms with E-state index >= 15 is 0 Å². The Morgan fingerprint density at radius 3 is 2.50 bits per heavy atom. The van der Waals surface area contributed by atoms with Crippen LogP contribution in [0.4, 0.5) is 0 Å². The fourth-order valence-electron chi connectivity index (χ4n) is 0.332. The molecule has 0 atom stereocenters. The molecule has 40 valence electrons. The lowest BCUT2D eigenvalue weighted by atomic mass is 10.3. The molecule has 0 amide bonds. The molecule has 1 aliphatic rings. The molecular formula is C4H4N4. The topological polar surface area (TPSA) is 72.4 Å². The monoisotopic (exact) mass is 108 g/mol. The number of nitrogens with zero attached hydrogens (tertiary/aromatic N) is 2. The predicted octanol–water partition coefficient (Wildman–Crippen LogP) is 0.963. The van der Waals surface area contributed by atoms with Gasteiger partial charge < -0.3 is 0 Å². The van der Waals surface area contributed by atoms with Gasteiger partial charge in [0.2, 0.25) is 0 Å². The van der Waals surface area contributed by atoms with Crippen molar-refractivity contribution in [2.24, 2.45) is 10.2 Å². The number of nitrogens with one attached hydrogen (secondary N) is 2. The van der Waals surface area contributed by atoms with Gasteiger partial charge in [-0.2, -0.15) is 5.11 Å². The zero-order valence-electron chi connectivity index (χ0n) is 4.05. The first-order chi connectivity index (χ1) is 3.80. The quantitative estimate of drug-likeness (QED) is 0.464. The van der Waals surface area contributed by atoms with Crippen LogP contribution < -0.4 is 0 Å². The van der Waals surface area contributed by atoms with E-state index in [9.17, 15) is 0 Å². The van der Waals surface area contributed by atoms with Gasteiger partial charge >= 0.3 is 0 Å². The highest BCUT2D eigenvalue weighted by atomic mass is 15.1. The Balaban J connectivity index is 2.89. The maximum absolute atomic E-state index is 6.93. The molecule has 0 spiro atoms. The average molecular weight is 108 g/mol. The van der Waals surface area contributed by atoms with Crippen LogP contribution in [0.15, 0.2) is 22.5 Å². The second-order valence-electron chi connectivity index (χ2n) is 1.29. The molecule has 0 radical (unpaired) electrons. The highest BCUT2D eigenvalue weighted by Crippen LogP contribution is 1.92. The van der Waals surface area contributed by atoms with Crippen molar-refractivity contribution >= 4 is 11.5 Å². The molecule has 0 aliphatic carbocycles. The van der Waals surface area contributed by atoms with Crippen LogP contribution in [0.2, 0.25) is 0 Å². The van der Waals surface area contributed by atoms with Crippen molar-refractivity contribution < 1.29 is 0 Å². The molecule has 0 saturated carbocycles. The lowest BCUT2D eigenvalue weighted by molar-refractivity contribution is 1.24. The molecular weight excluding hydrogens is 104 g/mol. The average Bonchev–Trinajstić information content (AvgIpc) is 1.77. The van der Waals surface area contributed by atoms with Gasteiger partial charge in [-0.3, -0.25) is 10.8 Å². The van der Waals surface area contributed by atoms with Gasteiger partial charge in [-0.25, -0.2) is 0 Å². The Hall–Kier alpha value is -1.32. The molecule has 4 heteroatoms. The first-order valence-electron chi connectivity index (χ1n) is 2.05. The molecule has 0 bridgehead atoms. The summed E-state index contributed by atoms with van der Waals surface area (Å²) >= 11 is 0. The Bertz CT molecular complexity index is 166. The van der Waals surface area contributed by atoms with Crippen molar-refractivity contribution in [3.8, 4) is 0 Å². The summed E-state index contributed by atoms with van der Waals surface area (Å²) in [5, 5.41) is 20.5. The lowest BCUT2D eigenvalue weighted by Crippen LogP contribution is -2.06. The van der Waals surface area contributed by atoms with Crippen LogP contribution in [0.3, 0.4) is 0 Å². The highest BCUT2D eigenvalue weighted by Gasteiger charge is 2.00. The maximum Gasteiger partial charge on any atom is 0.192 e. The summed E-state index contributed by atoms with van der Waals surface area (Å²) in [7, 11) is 0. The number of hydrogen-bond acceptors (Lipinski definition) is 3. The second kappa shape index (κ2) is 1.65. The molecule has 2 N–H and O–H groups in total. The smallest absolute Gasteiger partial charge is 0.192 e. The summed E-state index contributed by atoms with van der Waals surface area (Å²) in [4.78, 5) is 0. The third-order valence-corrected chi connectivity index (χ3v) is 0.721. The fraction of sp³-hybridized carbons (Fsp3) is 0. The first-order valence-corrected chi connectivity index (χ1v) is 2.05. The third kappa shape index (κ3) is 0.676. The van der Waals surface area contributed by atoms with Gasteiger partial charge in [-0.1, -0.05) is 0 Å². The summed E-state index contributed by atoms with van der Waals surface area (Å²) < 4.78 is 0. The zero-order valence-corrected chi connectivity index (χ0v) is 4.05. The minimum absolute atomic E-state index is 0.0764. The number of rotatable bonds is 0. The number of amidine groups is 1. The summed E-state index contributed by atoms with van der Waals surface area (Å²) in [5.74, 6) is -0.0764. The predicted molar refractivity (Wildman–Crippen MR) is 29.4 cm³/mol. The largest absolute Gasteiger partial charge is 0.297 e. The van der Waals surface area contributed by atoms with Gasteiger partial charge in [0, 0.05) is 0 Å². The fourth-order valence-corrected chi connectivity index (χ4v) is 0.332. The van der Waals surface area contributed by atoms with Crippen LogP contribution in [-0.2, 0) is 0 Å². The SMILES string of the molecule is N=C1C=CN=NC1=N. The Morgan fingerprint density at radius 2 is 2.12 bits per heavy atom. The minimum Gasteiger partial charge on any atom is -0.297 e. The van der Waals surface area contributed by atoms with Crippen LogP contribution in [-0.4, -0.2) is 11.5 Å². The molecule has 0 aromatic carbocycles. The highest BCUT2D eigenvalue weighted by molar-refractivity contribution is 6.43. The van der Waals surface area contributed by atoms with E-state index in [1.54, 1.807) is 0 Å². The van der Waals surface area contributed by atoms with Crippen LogP contribution in [0.5, 0.6) is 0 Å². The van der Waals surface area contributed by atoms with Crippen molar-refractivity contribution in [1.29, 1.82) is 10.8 Å². The number of hydrogen-bond donors (Lipinski definition) is 2. The normalized spacial score (nSPS) is 17.5.